The third kappa shape index (κ3) is 2.31. The van der Waals surface area contributed by atoms with Crippen LogP contribution in [0.2, 0.25) is 0 Å². The number of nitrogens with one attached hydrogen (secondary N) is 1. The van der Waals surface area contributed by atoms with Gasteiger partial charge in [0.2, 0.25) is 0 Å². The highest BCUT2D eigenvalue weighted by Gasteiger charge is 2.18. The molecule has 3 aromatic rings. The van der Waals surface area contributed by atoms with Gasteiger partial charge in [0, 0.05) is 14.5 Å². The van der Waals surface area contributed by atoms with Crippen molar-refractivity contribution < 1.29 is 4.39 Å². The Morgan fingerprint density at radius 3 is 2.74 bits per heavy atom. The van der Waals surface area contributed by atoms with E-state index in [0.717, 1.165) is 10.1 Å². The van der Waals surface area contributed by atoms with Gasteiger partial charge >= 0.3 is 0 Å². The number of halogens is 1. The Hall–Kier alpha value is -1.23. The first-order chi connectivity index (χ1) is 9.19. The normalized spacial score (nSPS) is 13.0. The minimum absolute atomic E-state index is 0.176. The van der Waals surface area contributed by atoms with Gasteiger partial charge in [0.1, 0.15) is 5.82 Å². The fraction of sp³-hybridized carbons (Fsp3) is 0.200. The van der Waals surface area contributed by atoms with Crippen LogP contribution in [0.15, 0.2) is 35.7 Å². The number of benzene rings is 1. The molecule has 0 spiro atoms. The molecule has 0 aliphatic rings. The van der Waals surface area contributed by atoms with Crippen LogP contribution in [-0.2, 0) is 0 Å². The van der Waals surface area contributed by atoms with Gasteiger partial charge in [-0.2, -0.15) is 0 Å². The Morgan fingerprint density at radius 2 is 2.05 bits per heavy atom. The van der Waals surface area contributed by atoms with E-state index in [1.165, 1.54) is 21.4 Å². The number of aryl methyl sites for hydroxylation is 1. The molecule has 0 amide bonds. The molecule has 2 heterocycles. The molecule has 19 heavy (non-hydrogen) atoms. The van der Waals surface area contributed by atoms with E-state index in [2.05, 4.69) is 29.8 Å². The summed E-state index contributed by atoms with van der Waals surface area (Å²) in [5.41, 5.74) is 1.30. The monoisotopic (exact) mass is 291 g/mol. The van der Waals surface area contributed by atoms with Crippen LogP contribution in [0, 0.1) is 12.7 Å². The minimum Gasteiger partial charge on any atom is -0.308 e. The van der Waals surface area contributed by atoms with E-state index in [4.69, 9.17) is 0 Å². The zero-order valence-corrected chi connectivity index (χ0v) is 12.4. The van der Waals surface area contributed by atoms with E-state index >= 15 is 0 Å². The zero-order valence-electron chi connectivity index (χ0n) is 10.7. The lowest BCUT2D eigenvalue weighted by molar-refractivity contribution is 0.630. The topological polar surface area (TPSA) is 12.0 Å². The number of hydrogen-bond donors (Lipinski definition) is 1. The highest BCUT2D eigenvalue weighted by atomic mass is 32.1. The van der Waals surface area contributed by atoms with Crippen molar-refractivity contribution in [1.29, 1.82) is 0 Å². The van der Waals surface area contributed by atoms with Crippen LogP contribution in [-0.4, -0.2) is 7.05 Å². The largest absolute Gasteiger partial charge is 0.308 e. The summed E-state index contributed by atoms with van der Waals surface area (Å²) in [6, 6.07) is 9.39. The predicted molar refractivity (Wildman–Crippen MR) is 81.7 cm³/mol. The molecule has 0 radical (unpaired) electrons. The molecule has 2 aromatic heterocycles. The van der Waals surface area contributed by atoms with Gasteiger partial charge in [0.05, 0.1) is 6.04 Å². The molecule has 0 fully saturated rings. The van der Waals surface area contributed by atoms with Crippen molar-refractivity contribution in [2.45, 2.75) is 13.0 Å². The van der Waals surface area contributed by atoms with Crippen LogP contribution in [0.5, 0.6) is 0 Å². The first-order valence-corrected chi connectivity index (χ1v) is 7.79. The van der Waals surface area contributed by atoms with Crippen molar-refractivity contribution in [2.24, 2.45) is 0 Å². The quantitative estimate of drug-likeness (QED) is 0.736. The summed E-state index contributed by atoms with van der Waals surface area (Å²) in [7, 11) is 1.97. The second-order valence-corrected chi connectivity index (χ2v) is 6.58. The van der Waals surface area contributed by atoms with Crippen molar-refractivity contribution in [3.8, 4) is 0 Å². The fourth-order valence-electron chi connectivity index (χ4n) is 2.26. The number of rotatable bonds is 3. The molecule has 1 aromatic carbocycles. The van der Waals surface area contributed by atoms with Crippen molar-refractivity contribution in [1.82, 2.24) is 5.32 Å². The van der Waals surface area contributed by atoms with Gasteiger partial charge in [-0.1, -0.05) is 0 Å². The Balaban J connectivity index is 2.09. The highest BCUT2D eigenvalue weighted by Crippen LogP contribution is 2.36. The van der Waals surface area contributed by atoms with Crippen LogP contribution in [0.3, 0.4) is 0 Å². The van der Waals surface area contributed by atoms with Crippen LogP contribution < -0.4 is 5.32 Å². The molecule has 98 valence electrons. The van der Waals surface area contributed by atoms with Gasteiger partial charge in [-0.15, -0.1) is 22.7 Å². The lowest BCUT2D eigenvalue weighted by Crippen LogP contribution is -2.15. The summed E-state index contributed by atoms with van der Waals surface area (Å²) in [6.07, 6.45) is 0. The second kappa shape index (κ2) is 5.04. The molecule has 0 aliphatic carbocycles. The van der Waals surface area contributed by atoms with Gasteiger partial charge in [0.25, 0.3) is 0 Å². The summed E-state index contributed by atoms with van der Waals surface area (Å²) in [6.45, 7) is 2.13. The Morgan fingerprint density at radius 1 is 1.21 bits per heavy atom. The molecular formula is C15H14FNS2. The van der Waals surface area contributed by atoms with Gasteiger partial charge in [-0.05, 0) is 60.6 Å². The molecule has 0 aliphatic heterocycles. The van der Waals surface area contributed by atoms with Crippen molar-refractivity contribution in [2.75, 3.05) is 7.05 Å². The third-order valence-corrected chi connectivity index (χ3v) is 5.50. The summed E-state index contributed by atoms with van der Waals surface area (Å²) >= 11 is 3.48. The van der Waals surface area contributed by atoms with Gasteiger partial charge in [-0.3, -0.25) is 0 Å². The molecule has 4 heteroatoms. The first kappa shape index (κ1) is 12.8. The number of hydrogen-bond acceptors (Lipinski definition) is 3. The van der Waals surface area contributed by atoms with Crippen LogP contribution >= 0.6 is 22.7 Å². The summed E-state index contributed by atoms with van der Waals surface area (Å²) in [4.78, 5) is 2.56. The number of thiophene rings is 2. The van der Waals surface area contributed by atoms with E-state index in [1.54, 1.807) is 28.7 Å². The van der Waals surface area contributed by atoms with E-state index in [9.17, 15) is 4.39 Å². The summed E-state index contributed by atoms with van der Waals surface area (Å²) in [5.74, 6) is -0.176. The van der Waals surface area contributed by atoms with Crippen molar-refractivity contribution in [3.05, 3.63) is 56.8 Å². The van der Waals surface area contributed by atoms with Gasteiger partial charge in [0.15, 0.2) is 0 Å². The maximum atomic E-state index is 13.3. The average molecular weight is 291 g/mol. The summed E-state index contributed by atoms with van der Waals surface area (Å²) in [5, 5.41) is 6.46. The van der Waals surface area contributed by atoms with E-state index in [1.807, 2.05) is 13.1 Å². The van der Waals surface area contributed by atoms with Crippen molar-refractivity contribution in [3.63, 3.8) is 0 Å². The number of fused-ring (bicyclic) bond motifs is 1. The Kier molecular flexibility index (Phi) is 3.39. The maximum absolute atomic E-state index is 13.3. The molecule has 1 unspecified atom stereocenters. The van der Waals surface area contributed by atoms with Crippen LogP contribution in [0.1, 0.15) is 21.4 Å². The van der Waals surface area contributed by atoms with E-state index < -0.39 is 0 Å². The fourth-order valence-corrected chi connectivity index (χ4v) is 4.55. The van der Waals surface area contributed by atoms with E-state index in [-0.39, 0.29) is 11.9 Å². The smallest absolute Gasteiger partial charge is 0.123 e. The van der Waals surface area contributed by atoms with Gasteiger partial charge in [-0.25, -0.2) is 4.39 Å². The SMILES string of the molecule is CNC(c1cc2cc(F)ccc2s1)c1sccc1C. The molecule has 0 bridgehead atoms. The molecule has 3 rings (SSSR count). The van der Waals surface area contributed by atoms with Crippen molar-refractivity contribution >= 4 is 32.8 Å². The van der Waals surface area contributed by atoms with Crippen LogP contribution in [0.25, 0.3) is 10.1 Å². The Bertz CT molecular complexity index is 714. The second-order valence-electron chi connectivity index (χ2n) is 4.52. The molecule has 1 N–H and O–H groups in total. The highest BCUT2D eigenvalue weighted by molar-refractivity contribution is 7.19. The molecule has 0 saturated carbocycles. The predicted octanol–water partition coefficient (Wildman–Crippen LogP) is 4.72. The third-order valence-electron chi connectivity index (χ3n) is 3.23. The van der Waals surface area contributed by atoms with Crippen LogP contribution in [0.4, 0.5) is 4.39 Å². The van der Waals surface area contributed by atoms with E-state index in [0.29, 0.717) is 0 Å². The lowest BCUT2D eigenvalue weighted by Gasteiger charge is -2.13. The average Bonchev–Trinajstić information content (AvgIpc) is 2.97. The van der Waals surface area contributed by atoms with Gasteiger partial charge < -0.3 is 5.32 Å². The zero-order chi connectivity index (χ0) is 13.4. The molecule has 0 saturated heterocycles. The maximum Gasteiger partial charge on any atom is 0.123 e. The molecule has 1 atom stereocenters. The first-order valence-electron chi connectivity index (χ1n) is 6.09. The minimum atomic E-state index is -0.176. The summed E-state index contributed by atoms with van der Waals surface area (Å²) < 4.78 is 14.4. The lowest BCUT2D eigenvalue weighted by atomic mass is 10.1. The molecule has 1 nitrogen and oxygen atoms in total. The standard InChI is InChI=1S/C15H14FNS2/c1-9-5-6-18-15(9)14(17-2)13-8-10-7-11(16)3-4-12(10)19-13/h3-8,14,17H,1-2H3. The Labute approximate surface area is 119 Å². The molecular weight excluding hydrogens is 277 g/mol.